The van der Waals surface area contributed by atoms with Crippen LogP contribution in [0, 0.1) is 17.7 Å². The van der Waals surface area contributed by atoms with Crippen LogP contribution in [-0.4, -0.2) is 61.1 Å². The van der Waals surface area contributed by atoms with Gasteiger partial charge in [0.15, 0.2) is 0 Å². The van der Waals surface area contributed by atoms with Gasteiger partial charge in [0.25, 0.3) is 0 Å². The van der Waals surface area contributed by atoms with Crippen molar-refractivity contribution in [3.8, 4) is 0 Å². The molecule has 0 N–H and O–H groups in total. The van der Waals surface area contributed by atoms with E-state index < -0.39 is 0 Å². The SMILES string of the molecule is CC[C@@H]1CN(C(=O)[C@@H]2C[C@H]2c2ccccc2F)C[C@@H]1N1CCOCC1. The zero-order chi connectivity index (χ0) is 17.4. The summed E-state index contributed by atoms with van der Waals surface area (Å²) < 4.78 is 19.4. The molecule has 25 heavy (non-hydrogen) atoms. The highest BCUT2D eigenvalue weighted by atomic mass is 19.1. The normalized spacial score (nSPS) is 32.8. The van der Waals surface area contributed by atoms with Gasteiger partial charge in [-0.2, -0.15) is 0 Å². The average Bonchev–Trinajstić information content (AvgIpc) is 3.32. The average molecular weight is 346 g/mol. The summed E-state index contributed by atoms with van der Waals surface area (Å²) in [4.78, 5) is 17.5. The fourth-order valence-electron chi connectivity index (χ4n) is 4.58. The molecule has 3 aliphatic rings. The van der Waals surface area contributed by atoms with Gasteiger partial charge < -0.3 is 9.64 Å². The number of rotatable bonds is 4. The number of amides is 1. The van der Waals surface area contributed by atoms with E-state index in [0.717, 1.165) is 52.2 Å². The minimum Gasteiger partial charge on any atom is -0.379 e. The predicted octanol–water partition coefficient (Wildman–Crippen LogP) is 2.50. The summed E-state index contributed by atoms with van der Waals surface area (Å²) in [5, 5.41) is 0. The van der Waals surface area contributed by atoms with Gasteiger partial charge in [-0.15, -0.1) is 0 Å². The molecule has 4 atom stereocenters. The third kappa shape index (κ3) is 3.32. The first-order valence-corrected chi connectivity index (χ1v) is 9.54. The van der Waals surface area contributed by atoms with E-state index in [4.69, 9.17) is 4.74 Å². The number of halogens is 1. The number of hydrogen-bond acceptors (Lipinski definition) is 3. The maximum Gasteiger partial charge on any atom is 0.226 e. The first kappa shape index (κ1) is 17.0. The van der Waals surface area contributed by atoms with Crippen molar-refractivity contribution in [2.75, 3.05) is 39.4 Å². The van der Waals surface area contributed by atoms with E-state index in [0.29, 0.717) is 17.5 Å². The molecule has 0 spiro atoms. The molecule has 2 aliphatic heterocycles. The molecule has 4 rings (SSSR count). The van der Waals surface area contributed by atoms with Crippen LogP contribution in [-0.2, 0) is 9.53 Å². The molecule has 1 aromatic rings. The second-order valence-corrected chi connectivity index (χ2v) is 7.60. The Balaban J connectivity index is 1.41. The summed E-state index contributed by atoms with van der Waals surface area (Å²) in [6.45, 7) is 7.38. The van der Waals surface area contributed by atoms with E-state index in [1.54, 1.807) is 6.07 Å². The molecular weight excluding hydrogens is 319 g/mol. The molecule has 2 saturated heterocycles. The molecule has 5 heteroatoms. The first-order valence-electron chi connectivity index (χ1n) is 9.54. The Bertz CT molecular complexity index is 632. The monoisotopic (exact) mass is 346 g/mol. The Hall–Kier alpha value is -1.46. The summed E-state index contributed by atoms with van der Waals surface area (Å²) in [5.74, 6) is 0.617. The Labute approximate surface area is 148 Å². The predicted molar refractivity (Wildman–Crippen MR) is 93.8 cm³/mol. The minimum absolute atomic E-state index is 0.0298. The lowest BCUT2D eigenvalue weighted by atomic mass is 9.99. The van der Waals surface area contributed by atoms with Crippen molar-refractivity contribution in [3.63, 3.8) is 0 Å². The lowest BCUT2D eigenvalue weighted by Gasteiger charge is -2.34. The van der Waals surface area contributed by atoms with E-state index in [1.807, 2.05) is 17.0 Å². The highest BCUT2D eigenvalue weighted by Crippen LogP contribution is 2.49. The van der Waals surface area contributed by atoms with Gasteiger partial charge in [0, 0.05) is 38.1 Å². The number of likely N-dealkylation sites (tertiary alicyclic amines) is 1. The number of benzene rings is 1. The van der Waals surface area contributed by atoms with Crippen molar-refractivity contribution >= 4 is 5.91 Å². The summed E-state index contributed by atoms with van der Waals surface area (Å²) in [6.07, 6.45) is 1.88. The van der Waals surface area contributed by atoms with Gasteiger partial charge >= 0.3 is 0 Å². The highest BCUT2D eigenvalue weighted by Gasteiger charge is 2.49. The van der Waals surface area contributed by atoms with Crippen LogP contribution >= 0.6 is 0 Å². The lowest BCUT2D eigenvalue weighted by molar-refractivity contribution is -0.132. The number of morpholine rings is 1. The van der Waals surface area contributed by atoms with Gasteiger partial charge in [0.2, 0.25) is 5.91 Å². The fraction of sp³-hybridized carbons (Fsp3) is 0.650. The van der Waals surface area contributed by atoms with Crippen molar-refractivity contribution in [2.45, 2.75) is 31.7 Å². The van der Waals surface area contributed by atoms with E-state index in [2.05, 4.69) is 11.8 Å². The maximum absolute atomic E-state index is 14.0. The molecule has 0 aromatic heterocycles. The molecule has 0 unspecified atom stereocenters. The Morgan fingerprint density at radius 1 is 1.24 bits per heavy atom. The zero-order valence-electron chi connectivity index (χ0n) is 14.9. The molecular formula is C20H27FN2O2. The van der Waals surface area contributed by atoms with Crippen LogP contribution < -0.4 is 0 Å². The van der Waals surface area contributed by atoms with Crippen LogP contribution in [0.3, 0.4) is 0 Å². The number of nitrogens with zero attached hydrogens (tertiary/aromatic N) is 2. The molecule has 0 bridgehead atoms. The van der Waals surface area contributed by atoms with Gasteiger partial charge in [-0.3, -0.25) is 9.69 Å². The van der Waals surface area contributed by atoms with Crippen molar-refractivity contribution in [1.82, 2.24) is 9.80 Å². The van der Waals surface area contributed by atoms with Crippen molar-refractivity contribution in [2.24, 2.45) is 11.8 Å². The van der Waals surface area contributed by atoms with Crippen molar-refractivity contribution in [3.05, 3.63) is 35.6 Å². The Kier molecular flexibility index (Phi) is 4.78. The lowest BCUT2D eigenvalue weighted by Crippen LogP contribution is -2.47. The fourth-order valence-corrected chi connectivity index (χ4v) is 4.58. The number of carbonyl (C=O) groups is 1. The van der Waals surface area contributed by atoms with E-state index in [1.165, 1.54) is 6.07 Å². The van der Waals surface area contributed by atoms with Crippen LogP contribution in [0.25, 0.3) is 0 Å². The van der Waals surface area contributed by atoms with Gasteiger partial charge in [-0.25, -0.2) is 4.39 Å². The smallest absolute Gasteiger partial charge is 0.226 e. The second kappa shape index (κ2) is 7.04. The van der Waals surface area contributed by atoms with Gasteiger partial charge in [0.1, 0.15) is 5.82 Å². The molecule has 0 radical (unpaired) electrons. The minimum atomic E-state index is -0.179. The first-order chi connectivity index (χ1) is 12.2. The van der Waals surface area contributed by atoms with Crippen LogP contribution in [0.2, 0.25) is 0 Å². The van der Waals surface area contributed by atoms with E-state index in [9.17, 15) is 9.18 Å². The molecule has 136 valence electrons. The van der Waals surface area contributed by atoms with Gasteiger partial charge in [-0.05, 0) is 29.9 Å². The molecule has 2 heterocycles. The molecule has 1 aromatic carbocycles. The number of hydrogen-bond donors (Lipinski definition) is 0. The molecule has 1 aliphatic carbocycles. The third-order valence-electron chi connectivity index (χ3n) is 6.17. The molecule has 1 saturated carbocycles. The number of ether oxygens (including phenoxy) is 1. The quantitative estimate of drug-likeness (QED) is 0.840. The van der Waals surface area contributed by atoms with Crippen molar-refractivity contribution in [1.29, 1.82) is 0 Å². The van der Waals surface area contributed by atoms with Crippen LogP contribution in [0.1, 0.15) is 31.2 Å². The Morgan fingerprint density at radius 2 is 2.00 bits per heavy atom. The molecule has 3 fully saturated rings. The summed E-state index contributed by atoms with van der Waals surface area (Å²) >= 11 is 0. The topological polar surface area (TPSA) is 32.8 Å². The second-order valence-electron chi connectivity index (χ2n) is 7.60. The third-order valence-corrected chi connectivity index (χ3v) is 6.17. The summed E-state index contributed by atoms with van der Waals surface area (Å²) in [6, 6.07) is 7.32. The molecule has 4 nitrogen and oxygen atoms in total. The van der Waals surface area contributed by atoms with Crippen LogP contribution in [0.5, 0.6) is 0 Å². The van der Waals surface area contributed by atoms with Crippen molar-refractivity contribution < 1.29 is 13.9 Å². The maximum atomic E-state index is 14.0. The summed E-state index contributed by atoms with van der Waals surface area (Å²) in [7, 11) is 0. The molecule has 1 amide bonds. The number of carbonyl (C=O) groups excluding carboxylic acids is 1. The zero-order valence-corrected chi connectivity index (χ0v) is 14.9. The summed E-state index contributed by atoms with van der Waals surface area (Å²) in [5.41, 5.74) is 0.705. The van der Waals surface area contributed by atoms with Crippen LogP contribution in [0.4, 0.5) is 4.39 Å². The van der Waals surface area contributed by atoms with Gasteiger partial charge in [0.05, 0.1) is 13.2 Å². The standard InChI is InChI=1S/C20H27FN2O2/c1-2-14-12-23(13-19(14)22-7-9-25-10-8-22)20(24)17-11-16(17)15-5-3-4-6-18(15)21/h3-6,14,16-17,19H,2,7-13H2,1H3/t14-,16+,17-,19+/m1/s1. The van der Waals surface area contributed by atoms with E-state index >= 15 is 0 Å². The van der Waals surface area contributed by atoms with Gasteiger partial charge in [-0.1, -0.05) is 31.5 Å². The largest absolute Gasteiger partial charge is 0.379 e. The van der Waals surface area contributed by atoms with E-state index in [-0.39, 0.29) is 23.6 Å². The van der Waals surface area contributed by atoms with Crippen LogP contribution in [0.15, 0.2) is 24.3 Å². The Morgan fingerprint density at radius 3 is 2.72 bits per heavy atom. The highest BCUT2D eigenvalue weighted by molar-refractivity contribution is 5.83.